The Labute approximate surface area is 114 Å². The van der Waals surface area contributed by atoms with Gasteiger partial charge in [0.1, 0.15) is 0 Å². The lowest BCUT2D eigenvalue weighted by molar-refractivity contribution is -0.117. The molecule has 18 heavy (non-hydrogen) atoms. The zero-order chi connectivity index (χ0) is 13.3. The molecule has 0 unspecified atom stereocenters. The molecule has 0 atom stereocenters. The zero-order valence-corrected chi connectivity index (χ0v) is 12.0. The fourth-order valence-electron chi connectivity index (χ4n) is 2.63. The third-order valence-corrected chi connectivity index (χ3v) is 3.70. The van der Waals surface area contributed by atoms with Gasteiger partial charge in [0.15, 0.2) is 5.78 Å². The molecule has 0 saturated carbocycles. The van der Waals surface area contributed by atoms with E-state index in [9.17, 15) is 4.79 Å². The molecule has 0 saturated heterocycles. The molecule has 0 aromatic heterocycles. The van der Waals surface area contributed by atoms with Crippen LogP contribution in [0.5, 0.6) is 0 Å². The van der Waals surface area contributed by atoms with Crippen LogP contribution in [0.15, 0.2) is 29.8 Å². The number of carbonyl (C=O) groups excluding carboxylic acids is 1. The number of halogens is 1. The third-order valence-electron chi connectivity index (χ3n) is 3.35. The quantitative estimate of drug-likeness (QED) is 0.767. The van der Waals surface area contributed by atoms with Gasteiger partial charge >= 0.3 is 0 Å². The van der Waals surface area contributed by atoms with Crippen LogP contribution in [-0.2, 0) is 11.2 Å². The van der Waals surface area contributed by atoms with E-state index in [0.717, 1.165) is 29.0 Å². The predicted molar refractivity (Wildman–Crippen MR) is 76.0 cm³/mol. The van der Waals surface area contributed by atoms with Gasteiger partial charge in [0.2, 0.25) is 0 Å². The third kappa shape index (κ3) is 3.23. The zero-order valence-electron chi connectivity index (χ0n) is 11.2. The highest BCUT2D eigenvalue weighted by molar-refractivity contribution is 6.31. The van der Waals surface area contributed by atoms with Crippen LogP contribution in [-0.4, -0.2) is 5.78 Å². The van der Waals surface area contributed by atoms with Crippen molar-refractivity contribution in [3.63, 3.8) is 0 Å². The Morgan fingerprint density at radius 2 is 2.00 bits per heavy atom. The molecule has 0 radical (unpaired) electrons. The molecule has 1 aliphatic carbocycles. The van der Waals surface area contributed by atoms with E-state index in [1.807, 2.05) is 13.0 Å². The second-order valence-corrected chi connectivity index (χ2v) is 6.47. The van der Waals surface area contributed by atoms with E-state index in [-0.39, 0.29) is 11.2 Å². The van der Waals surface area contributed by atoms with Gasteiger partial charge in [0, 0.05) is 11.4 Å². The van der Waals surface area contributed by atoms with Crippen molar-refractivity contribution in [2.45, 2.75) is 40.0 Å². The van der Waals surface area contributed by atoms with E-state index in [1.165, 1.54) is 5.57 Å². The van der Waals surface area contributed by atoms with Crippen LogP contribution in [0.2, 0.25) is 5.02 Å². The minimum Gasteiger partial charge on any atom is -0.295 e. The number of hydrogen-bond donors (Lipinski definition) is 0. The first-order valence-corrected chi connectivity index (χ1v) is 6.71. The van der Waals surface area contributed by atoms with Gasteiger partial charge in [-0.15, -0.1) is 0 Å². The standard InChI is InChI=1S/C16H19ClO/c1-11-4-5-13(15(17)6-11)7-12-8-14(18)10-16(2,3)9-12/h4-6,8H,7,9-10H2,1-3H3. The smallest absolute Gasteiger partial charge is 0.156 e. The average Bonchev–Trinajstić information content (AvgIpc) is 2.19. The molecule has 1 aromatic carbocycles. The second-order valence-electron chi connectivity index (χ2n) is 6.06. The number of rotatable bonds is 2. The maximum Gasteiger partial charge on any atom is 0.156 e. The van der Waals surface area contributed by atoms with Gasteiger partial charge in [-0.25, -0.2) is 0 Å². The van der Waals surface area contributed by atoms with Gasteiger partial charge in [-0.1, -0.05) is 43.2 Å². The summed E-state index contributed by atoms with van der Waals surface area (Å²) in [5, 5.41) is 0.798. The van der Waals surface area contributed by atoms with Crippen molar-refractivity contribution >= 4 is 17.4 Å². The first kappa shape index (κ1) is 13.4. The molecular formula is C16H19ClO. The van der Waals surface area contributed by atoms with Crippen LogP contribution in [0.3, 0.4) is 0 Å². The summed E-state index contributed by atoms with van der Waals surface area (Å²) in [6.45, 7) is 6.32. The molecule has 0 bridgehead atoms. The van der Waals surface area contributed by atoms with Crippen molar-refractivity contribution in [2.24, 2.45) is 5.41 Å². The van der Waals surface area contributed by atoms with Crippen LogP contribution < -0.4 is 0 Å². The summed E-state index contributed by atoms with van der Waals surface area (Å²) in [5.41, 5.74) is 3.55. The maximum atomic E-state index is 11.7. The molecule has 0 spiro atoms. The van der Waals surface area contributed by atoms with Gasteiger partial charge in [-0.05, 0) is 48.4 Å². The highest BCUT2D eigenvalue weighted by atomic mass is 35.5. The Bertz CT molecular complexity index is 512. The lowest BCUT2D eigenvalue weighted by Crippen LogP contribution is -2.22. The molecule has 0 N–H and O–H groups in total. The van der Waals surface area contributed by atoms with Crippen molar-refractivity contribution in [1.82, 2.24) is 0 Å². The highest BCUT2D eigenvalue weighted by Gasteiger charge is 2.27. The van der Waals surface area contributed by atoms with Crippen molar-refractivity contribution in [2.75, 3.05) is 0 Å². The summed E-state index contributed by atoms with van der Waals surface area (Å²) in [6.07, 6.45) is 4.22. The number of benzene rings is 1. The molecular weight excluding hydrogens is 244 g/mol. The van der Waals surface area contributed by atoms with E-state index >= 15 is 0 Å². The minimum atomic E-state index is 0.0817. The van der Waals surface area contributed by atoms with Crippen LogP contribution in [0.4, 0.5) is 0 Å². The lowest BCUT2D eigenvalue weighted by Gasteiger charge is -2.29. The van der Waals surface area contributed by atoms with Gasteiger partial charge < -0.3 is 0 Å². The number of allylic oxidation sites excluding steroid dienone is 2. The summed E-state index contributed by atoms with van der Waals surface area (Å²) < 4.78 is 0. The van der Waals surface area contributed by atoms with E-state index in [1.54, 1.807) is 6.08 Å². The van der Waals surface area contributed by atoms with Crippen molar-refractivity contribution < 1.29 is 4.79 Å². The molecule has 1 aromatic rings. The number of carbonyl (C=O) groups is 1. The van der Waals surface area contributed by atoms with Gasteiger partial charge in [0.25, 0.3) is 0 Å². The molecule has 0 heterocycles. The fourth-order valence-corrected chi connectivity index (χ4v) is 2.93. The first-order chi connectivity index (χ1) is 8.35. The van der Waals surface area contributed by atoms with Crippen molar-refractivity contribution in [3.8, 4) is 0 Å². The monoisotopic (exact) mass is 262 g/mol. The summed E-state index contributed by atoms with van der Waals surface area (Å²) in [6, 6.07) is 6.11. The van der Waals surface area contributed by atoms with E-state index in [0.29, 0.717) is 6.42 Å². The molecule has 0 amide bonds. The number of hydrogen-bond acceptors (Lipinski definition) is 1. The molecule has 1 aliphatic rings. The number of ketones is 1. The van der Waals surface area contributed by atoms with Crippen molar-refractivity contribution in [1.29, 1.82) is 0 Å². The Kier molecular flexibility index (Phi) is 3.63. The Morgan fingerprint density at radius 1 is 1.28 bits per heavy atom. The summed E-state index contributed by atoms with van der Waals surface area (Å²) in [4.78, 5) is 11.7. The molecule has 0 fully saturated rings. The topological polar surface area (TPSA) is 17.1 Å². The van der Waals surface area contributed by atoms with Crippen LogP contribution >= 0.6 is 11.6 Å². The largest absolute Gasteiger partial charge is 0.295 e. The number of aryl methyl sites for hydroxylation is 1. The normalized spacial score (nSPS) is 18.7. The lowest BCUT2D eigenvalue weighted by atomic mass is 9.75. The minimum absolute atomic E-state index is 0.0817. The Morgan fingerprint density at radius 3 is 2.61 bits per heavy atom. The van der Waals surface area contributed by atoms with Crippen LogP contribution in [0.25, 0.3) is 0 Å². The van der Waals surface area contributed by atoms with E-state index < -0.39 is 0 Å². The van der Waals surface area contributed by atoms with Gasteiger partial charge in [-0.2, -0.15) is 0 Å². The summed E-state index contributed by atoms with van der Waals surface area (Å²) >= 11 is 6.24. The Hall–Kier alpha value is -1.08. The Balaban J connectivity index is 2.21. The van der Waals surface area contributed by atoms with Gasteiger partial charge in [-0.3, -0.25) is 4.79 Å². The van der Waals surface area contributed by atoms with E-state index in [2.05, 4.69) is 26.0 Å². The van der Waals surface area contributed by atoms with Crippen LogP contribution in [0, 0.1) is 12.3 Å². The SMILES string of the molecule is Cc1ccc(CC2=CC(=O)CC(C)(C)C2)c(Cl)c1. The summed E-state index contributed by atoms with van der Waals surface area (Å²) in [5.74, 6) is 0.240. The van der Waals surface area contributed by atoms with Crippen LogP contribution in [0.1, 0.15) is 37.8 Å². The molecule has 0 aliphatic heterocycles. The molecule has 2 rings (SSSR count). The second kappa shape index (κ2) is 4.89. The predicted octanol–water partition coefficient (Wildman–Crippen LogP) is 4.51. The average molecular weight is 263 g/mol. The highest BCUT2D eigenvalue weighted by Crippen LogP contribution is 2.35. The fraction of sp³-hybridized carbons (Fsp3) is 0.438. The maximum absolute atomic E-state index is 11.7. The molecule has 1 nitrogen and oxygen atoms in total. The van der Waals surface area contributed by atoms with Crippen molar-refractivity contribution in [3.05, 3.63) is 46.0 Å². The van der Waals surface area contributed by atoms with Gasteiger partial charge in [0.05, 0.1) is 0 Å². The molecule has 96 valence electrons. The summed E-state index contributed by atoms with van der Waals surface area (Å²) in [7, 11) is 0. The first-order valence-electron chi connectivity index (χ1n) is 6.33. The molecule has 2 heteroatoms. The van der Waals surface area contributed by atoms with E-state index in [4.69, 9.17) is 11.6 Å².